The van der Waals surface area contributed by atoms with Crippen molar-refractivity contribution in [2.45, 2.75) is 39.1 Å². The summed E-state index contributed by atoms with van der Waals surface area (Å²) >= 11 is 0. The van der Waals surface area contributed by atoms with Crippen LogP contribution in [-0.4, -0.2) is 90.8 Å². The zero-order valence-electron chi connectivity index (χ0n) is 21.2. The highest BCUT2D eigenvalue weighted by molar-refractivity contribution is 5.99. The van der Waals surface area contributed by atoms with Gasteiger partial charge in [0.15, 0.2) is 0 Å². The Bertz CT molecular complexity index is 1190. The quantitative estimate of drug-likeness (QED) is 0.434. The van der Waals surface area contributed by atoms with Crippen LogP contribution in [0, 0.1) is 5.92 Å². The smallest absolute Gasteiger partial charge is 0.258 e. The molecule has 1 aromatic carbocycles. The van der Waals surface area contributed by atoms with Gasteiger partial charge in [-0.15, -0.1) is 5.10 Å². The Kier molecular flexibility index (Phi) is 8.41. The number of rotatable bonds is 9. The lowest BCUT2D eigenvalue weighted by Crippen LogP contribution is -2.49. The van der Waals surface area contributed by atoms with Crippen molar-refractivity contribution in [2.24, 2.45) is 5.92 Å². The first kappa shape index (κ1) is 26.2. The Morgan fingerprint density at radius 2 is 2.08 bits per heavy atom. The van der Waals surface area contributed by atoms with E-state index in [2.05, 4.69) is 30.7 Å². The molecular formula is C25H32N8O4. The third-order valence-electron chi connectivity index (χ3n) is 6.34. The van der Waals surface area contributed by atoms with E-state index in [1.165, 1.54) is 11.0 Å². The molecular weight excluding hydrogens is 476 g/mol. The van der Waals surface area contributed by atoms with E-state index in [4.69, 9.17) is 4.74 Å². The number of nitrogens with one attached hydrogen (secondary N) is 1. The number of aliphatic hydroxyl groups is 1. The van der Waals surface area contributed by atoms with Crippen molar-refractivity contribution in [3.63, 3.8) is 0 Å². The fourth-order valence-corrected chi connectivity index (χ4v) is 4.29. The summed E-state index contributed by atoms with van der Waals surface area (Å²) in [6, 6.07) is 8.59. The molecule has 0 saturated carbocycles. The van der Waals surface area contributed by atoms with E-state index < -0.39 is 0 Å². The number of anilines is 1. The zero-order valence-corrected chi connectivity index (χ0v) is 21.2. The van der Waals surface area contributed by atoms with Gasteiger partial charge in [-0.2, -0.15) is 0 Å². The van der Waals surface area contributed by atoms with Crippen molar-refractivity contribution in [3.8, 4) is 5.75 Å². The van der Waals surface area contributed by atoms with Gasteiger partial charge in [0.25, 0.3) is 5.91 Å². The van der Waals surface area contributed by atoms with Gasteiger partial charge in [-0.1, -0.05) is 6.92 Å². The molecule has 1 aliphatic rings. The number of ether oxygens (including phenoxy) is 1. The number of carbonyl (C=O) groups excluding carboxylic acids is 2. The SMILES string of the molecule is C[C@H](CO)N1C[C@H](C)[C@H](CN(C)Cc2ccncc2)Oc2ccc(NC(=O)Cn3cnnn3)cc2C1=O. The molecule has 0 fully saturated rings. The standard InChI is InChI=1S/C25H32N8O4/c1-17-11-33(18(2)15-34)25(36)21-10-20(28-24(35)14-32-16-27-29-30-32)4-5-22(21)37-23(17)13-31(3)12-19-6-8-26-9-7-19/h4-10,16-18,23,34H,11-15H2,1-3H3,(H,28,35)/t17-,18+,23-/m0/s1. The average Bonchev–Trinajstić information content (AvgIpc) is 3.39. The molecule has 12 nitrogen and oxygen atoms in total. The van der Waals surface area contributed by atoms with Gasteiger partial charge in [-0.3, -0.25) is 19.5 Å². The molecule has 2 N–H and O–H groups in total. The Balaban J connectivity index is 1.57. The third kappa shape index (κ3) is 6.66. The fraction of sp³-hybridized carbons (Fsp3) is 0.440. The van der Waals surface area contributed by atoms with Gasteiger partial charge < -0.3 is 20.1 Å². The summed E-state index contributed by atoms with van der Waals surface area (Å²) in [6.45, 7) is 5.41. The first-order valence-corrected chi connectivity index (χ1v) is 12.1. The number of carbonyl (C=O) groups is 2. The zero-order chi connectivity index (χ0) is 26.4. The number of aliphatic hydroxyl groups excluding tert-OH is 1. The second-order valence-electron chi connectivity index (χ2n) is 9.44. The minimum Gasteiger partial charge on any atom is -0.488 e. The molecule has 4 rings (SSSR count). The van der Waals surface area contributed by atoms with Crippen LogP contribution < -0.4 is 10.1 Å². The predicted octanol–water partition coefficient (Wildman–Crippen LogP) is 1.06. The number of hydrogen-bond acceptors (Lipinski definition) is 9. The largest absolute Gasteiger partial charge is 0.488 e. The Labute approximate surface area is 215 Å². The van der Waals surface area contributed by atoms with Gasteiger partial charge in [-0.05, 0) is 60.3 Å². The second-order valence-corrected chi connectivity index (χ2v) is 9.44. The third-order valence-corrected chi connectivity index (χ3v) is 6.34. The maximum absolute atomic E-state index is 13.6. The van der Waals surface area contributed by atoms with Crippen LogP contribution in [0.5, 0.6) is 5.75 Å². The summed E-state index contributed by atoms with van der Waals surface area (Å²) in [4.78, 5) is 33.9. The van der Waals surface area contributed by atoms with Crippen molar-refractivity contribution >= 4 is 17.5 Å². The molecule has 37 heavy (non-hydrogen) atoms. The van der Waals surface area contributed by atoms with Crippen LogP contribution in [0.15, 0.2) is 49.1 Å². The molecule has 3 aromatic rings. The van der Waals surface area contributed by atoms with Crippen LogP contribution in [0.3, 0.4) is 0 Å². The highest BCUT2D eigenvalue weighted by Crippen LogP contribution is 2.30. The lowest BCUT2D eigenvalue weighted by Gasteiger charge is -2.38. The van der Waals surface area contributed by atoms with E-state index in [-0.39, 0.29) is 43.0 Å². The van der Waals surface area contributed by atoms with Crippen LogP contribution in [0.2, 0.25) is 0 Å². The molecule has 0 unspecified atom stereocenters. The molecule has 3 heterocycles. The first-order valence-electron chi connectivity index (χ1n) is 12.1. The predicted molar refractivity (Wildman–Crippen MR) is 135 cm³/mol. The summed E-state index contributed by atoms with van der Waals surface area (Å²) in [5, 5.41) is 23.4. The Hall–Kier alpha value is -3.90. The molecule has 196 valence electrons. The Morgan fingerprint density at radius 3 is 2.78 bits per heavy atom. The molecule has 3 atom stereocenters. The number of aromatic nitrogens is 5. The van der Waals surface area contributed by atoms with Gasteiger partial charge in [-0.25, -0.2) is 4.68 Å². The molecule has 2 aromatic heterocycles. The number of pyridine rings is 1. The molecule has 0 saturated heterocycles. The molecule has 0 spiro atoms. The van der Waals surface area contributed by atoms with Gasteiger partial charge >= 0.3 is 0 Å². The van der Waals surface area contributed by atoms with Gasteiger partial charge in [0.1, 0.15) is 24.7 Å². The van der Waals surface area contributed by atoms with Gasteiger partial charge in [0, 0.05) is 43.6 Å². The normalized spacial score (nSPS) is 18.5. The average molecular weight is 509 g/mol. The van der Waals surface area contributed by atoms with Crippen molar-refractivity contribution < 1.29 is 19.4 Å². The number of benzene rings is 1. The molecule has 0 bridgehead atoms. The molecule has 2 amide bonds. The summed E-state index contributed by atoms with van der Waals surface area (Å²) < 4.78 is 7.73. The maximum atomic E-state index is 13.6. The monoisotopic (exact) mass is 508 g/mol. The number of fused-ring (bicyclic) bond motifs is 1. The van der Waals surface area contributed by atoms with E-state index in [1.54, 1.807) is 35.5 Å². The van der Waals surface area contributed by atoms with E-state index >= 15 is 0 Å². The van der Waals surface area contributed by atoms with E-state index in [0.717, 1.165) is 12.1 Å². The van der Waals surface area contributed by atoms with Crippen LogP contribution in [-0.2, 0) is 17.9 Å². The van der Waals surface area contributed by atoms with Crippen LogP contribution in [0.25, 0.3) is 0 Å². The summed E-state index contributed by atoms with van der Waals surface area (Å²) in [5.74, 6) is -0.158. The van der Waals surface area contributed by atoms with Crippen LogP contribution in [0.4, 0.5) is 5.69 Å². The number of amides is 2. The number of tetrazole rings is 1. The summed E-state index contributed by atoms with van der Waals surface area (Å²) in [6.07, 6.45) is 4.67. The highest BCUT2D eigenvalue weighted by atomic mass is 16.5. The Morgan fingerprint density at radius 1 is 1.30 bits per heavy atom. The lowest BCUT2D eigenvalue weighted by atomic mass is 9.99. The molecule has 1 aliphatic heterocycles. The maximum Gasteiger partial charge on any atom is 0.258 e. The fourth-order valence-electron chi connectivity index (χ4n) is 4.29. The second kappa shape index (κ2) is 11.9. The summed E-state index contributed by atoms with van der Waals surface area (Å²) in [5.41, 5.74) is 1.92. The lowest BCUT2D eigenvalue weighted by molar-refractivity contribution is -0.116. The number of hydrogen-bond donors (Lipinski definition) is 2. The van der Waals surface area contributed by atoms with E-state index in [9.17, 15) is 14.7 Å². The van der Waals surface area contributed by atoms with E-state index in [1.807, 2.05) is 33.0 Å². The molecule has 12 heteroatoms. The van der Waals surface area contributed by atoms with Crippen molar-refractivity contribution in [1.29, 1.82) is 0 Å². The van der Waals surface area contributed by atoms with Crippen LogP contribution in [0.1, 0.15) is 29.8 Å². The van der Waals surface area contributed by atoms with Gasteiger partial charge in [0.05, 0.1) is 18.2 Å². The van der Waals surface area contributed by atoms with Crippen LogP contribution >= 0.6 is 0 Å². The molecule has 0 aliphatic carbocycles. The van der Waals surface area contributed by atoms with Gasteiger partial charge in [0.2, 0.25) is 5.91 Å². The molecule has 0 radical (unpaired) electrons. The number of likely N-dealkylation sites (N-methyl/N-ethyl adjacent to an activating group) is 1. The minimum atomic E-state index is -0.380. The van der Waals surface area contributed by atoms with Crippen molar-refractivity contribution in [1.82, 2.24) is 35.0 Å². The van der Waals surface area contributed by atoms with Crippen molar-refractivity contribution in [2.75, 3.05) is 32.1 Å². The van der Waals surface area contributed by atoms with Crippen molar-refractivity contribution in [3.05, 3.63) is 60.2 Å². The number of nitrogens with zero attached hydrogens (tertiary/aromatic N) is 7. The minimum absolute atomic E-state index is 0.00154. The highest BCUT2D eigenvalue weighted by Gasteiger charge is 2.33. The first-order chi connectivity index (χ1) is 17.8. The van der Waals surface area contributed by atoms with E-state index in [0.29, 0.717) is 30.1 Å². The topological polar surface area (TPSA) is 139 Å². The summed E-state index contributed by atoms with van der Waals surface area (Å²) in [7, 11) is 2.03.